The van der Waals surface area contributed by atoms with Gasteiger partial charge in [0.25, 0.3) is 5.91 Å². The van der Waals surface area contributed by atoms with Crippen LogP contribution in [-0.4, -0.2) is 47.0 Å². The van der Waals surface area contributed by atoms with Crippen LogP contribution in [-0.2, 0) is 24.0 Å². The van der Waals surface area contributed by atoms with E-state index >= 15 is 0 Å². The maximum absolute atomic E-state index is 12.9. The Kier molecular flexibility index (Phi) is 7.93. The van der Waals surface area contributed by atoms with Gasteiger partial charge in [0.15, 0.2) is 18.0 Å². The highest BCUT2D eigenvalue weighted by Gasteiger charge is 2.40. The molecule has 0 aromatic heterocycles. The number of amides is 1. The molecule has 1 unspecified atom stereocenters. The molecule has 1 aliphatic heterocycles. The van der Waals surface area contributed by atoms with Gasteiger partial charge in [0.05, 0.1) is 27.7 Å². The van der Waals surface area contributed by atoms with E-state index in [2.05, 4.69) is 10.8 Å². The van der Waals surface area contributed by atoms with Crippen LogP contribution in [0.5, 0.6) is 0 Å². The molecule has 0 radical (unpaired) electrons. The normalized spacial score (nSPS) is 17.8. The Morgan fingerprint density at radius 2 is 1.74 bits per heavy atom. The summed E-state index contributed by atoms with van der Waals surface area (Å²) in [5, 5.41) is 11.6. The van der Waals surface area contributed by atoms with Gasteiger partial charge in [0.1, 0.15) is 6.04 Å². The molecule has 1 aliphatic rings. The molecule has 2 atom stereocenters. The first-order chi connectivity index (χ1) is 16.1. The minimum absolute atomic E-state index is 0.0279. The number of Topliss-reactive ketones (excluding diaryl/α,β-unsaturated/α-hetero) is 1. The number of benzene rings is 2. The van der Waals surface area contributed by atoms with E-state index in [1.807, 2.05) is 30.3 Å². The lowest BCUT2D eigenvalue weighted by molar-refractivity contribution is -0.146. The highest BCUT2D eigenvalue weighted by Crippen LogP contribution is 2.27. The number of carboxylic acids is 1. The van der Waals surface area contributed by atoms with Crippen molar-refractivity contribution >= 4 is 52.5 Å². The van der Waals surface area contributed by atoms with Crippen LogP contribution in [0, 0.1) is 0 Å². The Hall–Kier alpha value is -3.40. The van der Waals surface area contributed by atoms with E-state index < -0.39 is 48.3 Å². The van der Waals surface area contributed by atoms with E-state index in [4.69, 9.17) is 32.8 Å². The number of halogens is 2. The highest BCUT2D eigenvalue weighted by molar-refractivity contribution is 6.39. The molecule has 2 aromatic rings. The number of hydrogen-bond donors (Lipinski definition) is 3. The maximum Gasteiger partial charge on any atom is 0.341 e. The fourth-order valence-electron chi connectivity index (χ4n) is 3.09. The van der Waals surface area contributed by atoms with Gasteiger partial charge in [-0.2, -0.15) is 0 Å². The number of rotatable bonds is 9. The zero-order valence-corrected chi connectivity index (χ0v) is 19.4. The zero-order chi connectivity index (χ0) is 24.9. The molecule has 0 saturated carbocycles. The predicted octanol–water partition coefficient (Wildman–Crippen LogP) is 3.01. The molecule has 1 amide bonds. The second-order valence-corrected chi connectivity index (χ2v) is 8.31. The number of carboxylic acid groups (broad SMARTS) is 1. The number of esters is 1. The van der Waals surface area contributed by atoms with Crippen LogP contribution in [0.15, 0.2) is 54.6 Å². The maximum atomic E-state index is 12.9. The molecule has 9 nitrogen and oxygen atoms in total. The second kappa shape index (κ2) is 10.7. The van der Waals surface area contributed by atoms with Crippen molar-refractivity contribution in [1.82, 2.24) is 10.8 Å². The SMILES string of the molecule is CC1(C(=O)N[C@@H](CC(=O)O)C(=O)COC(=O)c2c(Cl)cccc2Cl)C=C(c2ccccc2)NO1. The first-order valence-corrected chi connectivity index (χ1v) is 10.7. The summed E-state index contributed by atoms with van der Waals surface area (Å²) in [6.07, 6.45) is 0.785. The monoisotopic (exact) mass is 506 g/mol. The van der Waals surface area contributed by atoms with Crippen molar-refractivity contribution < 1.29 is 33.9 Å². The molecule has 34 heavy (non-hydrogen) atoms. The van der Waals surface area contributed by atoms with E-state index in [9.17, 15) is 24.3 Å². The topological polar surface area (TPSA) is 131 Å². The molecule has 0 saturated heterocycles. The number of hydrogen-bond acceptors (Lipinski definition) is 7. The molecule has 0 fully saturated rings. The molecule has 3 rings (SSSR count). The van der Waals surface area contributed by atoms with Gasteiger partial charge in [-0.25, -0.2) is 4.79 Å². The summed E-state index contributed by atoms with van der Waals surface area (Å²) in [5.41, 5.74) is 2.31. The Morgan fingerprint density at radius 3 is 2.35 bits per heavy atom. The van der Waals surface area contributed by atoms with E-state index in [1.54, 1.807) is 0 Å². The molecular formula is C23H20Cl2N2O7. The molecule has 11 heteroatoms. The molecule has 0 spiro atoms. The number of ether oxygens (including phenoxy) is 1. The molecule has 3 N–H and O–H groups in total. The van der Waals surface area contributed by atoms with E-state index in [0.29, 0.717) is 5.70 Å². The lowest BCUT2D eigenvalue weighted by Crippen LogP contribution is -2.52. The smallest absolute Gasteiger partial charge is 0.341 e. The van der Waals surface area contributed by atoms with Gasteiger partial charge < -0.3 is 15.2 Å². The summed E-state index contributed by atoms with van der Waals surface area (Å²) >= 11 is 11.9. The number of carbonyl (C=O) groups is 4. The van der Waals surface area contributed by atoms with Crippen LogP contribution in [0.3, 0.4) is 0 Å². The average Bonchev–Trinajstić information content (AvgIpc) is 3.20. The Balaban J connectivity index is 1.69. The fourth-order valence-corrected chi connectivity index (χ4v) is 3.64. The Bertz CT molecular complexity index is 1130. The first kappa shape index (κ1) is 25.2. The van der Waals surface area contributed by atoms with Gasteiger partial charge in [-0.1, -0.05) is 59.6 Å². The van der Waals surface area contributed by atoms with Gasteiger partial charge in [-0.3, -0.25) is 24.7 Å². The minimum Gasteiger partial charge on any atom is -0.481 e. The van der Waals surface area contributed by atoms with E-state index in [-0.39, 0.29) is 15.6 Å². The quantitative estimate of drug-likeness (QED) is 0.442. The zero-order valence-electron chi connectivity index (χ0n) is 17.8. The van der Waals surface area contributed by atoms with Crippen molar-refractivity contribution in [3.63, 3.8) is 0 Å². The molecular weight excluding hydrogens is 487 g/mol. The Labute approximate surface area is 204 Å². The lowest BCUT2D eigenvalue weighted by atomic mass is 10.0. The van der Waals surface area contributed by atoms with E-state index in [0.717, 1.165) is 5.56 Å². The second-order valence-electron chi connectivity index (χ2n) is 7.50. The third-order valence-electron chi connectivity index (χ3n) is 4.91. The van der Waals surface area contributed by atoms with E-state index in [1.165, 1.54) is 31.2 Å². The number of aliphatic carboxylic acids is 1. The fraction of sp³-hybridized carbons (Fsp3) is 0.217. The standard InChI is InChI=1S/C23H20Cl2N2O7/c1-23(11-17(27-34-23)13-6-3-2-4-7-13)22(32)26-16(10-19(29)30)18(28)12-33-21(31)20-14(24)8-5-9-15(20)25/h2-9,11,16,27H,10,12H2,1H3,(H,26,32)(H,29,30)/t16-,23?/m0/s1. The summed E-state index contributed by atoms with van der Waals surface area (Å²) in [4.78, 5) is 54.5. The largest absolute Gasteiger partial charge is 0.481 e. The van der Waals surface area contributed by atoms with Gasteiger partial charge in [-0.05, 0) is 30.7 Å². The van der Waals surface area contributed by atoms with Crippen molar-refractivity contribution in [3.8, 4) is 0 Å². The summed E-state index contributed by atoms with van der Waals surface area (Å²) in [6.45, 7) is 0.645. The molecule has 0 bridgehead atoms. The van der Waals surface area contributed by atoms with Gasteiger partial charge >= 0.3 is 11.9 Å². The molecule has 178 valence electrons. The van der Waals surface area contributed by atoms with Gasteiger partial charge in [0.2, 0.25) is 0 Å². The lowest BCUT2D eigenvalue weighted by Gasteiger charge is -2.23. The van der Waals surface area contributed by atoms with Crippen molar-refractivity contribution in [3.05, 3.63) is 75.8 Å². The van der Waals surface area contributed by atoms with Gasteiger partial charge in [0, 0.05) is 0 Å². The third kappa shape index (κ3) is 5.93. The molecule has 0 aliphatic carbocycles. The third-order valence-corrected chi connectivity index (χ3v) is 5.54. The van der Waals surface area contributed by atoms with Crippen LogP contribution >= 0.6 is 23.2 Å². The van der Waals surface area contributed by atoms with Crippen molar-refractivity contribution in [2.45, 2.75) is 25.0 Å². The molecule has 2 aromatic carbocycles. The predicted molar refractivity (Wildman–Crippen MR) is 123 cm³/mol. The van der Waals surface area contributed by atoms with Gasteiger partial charge in [-0.15, -0.1) is 0 Å². The minimum atomic E-state index is -1.52. The van der Waals surface area contributed by atoms with Crippen LogP contribution in [0.1, 0.15) is 29.3 Å². The first-order valence-electron chi connectivity index (χ1n) is 9.99. The Morgan fingerprint density at radius 1 is 1.09 bits per heavy atom. The summed E-state index contributed by atoms with van der Waals surface area (Å²) < 4.78 is 4.96. The van der Waals surface area contributed by atoms with Crippen molar-refractivity contribution in [2.24, 2.45) is 0 Å². The van der Waals surface area contributed by atoms with Crippen LogP contribution in [0.25, 0.3) is 5.70 Å². The van der Waals surface area contributed by atoms with Crippen LogP contribution in [0.2, 0.25) is 10.0 Å². The number of hydroxylamine groups is 1. The van der Waals surface area contributed by atoms with Crippen molar-refractivity contribution in [2.75, 3.05) is 6.61 Å². The summed E-state index contributed by atoms with van der Waals surface area (Å²) in [7, 11) is 0. The highest BCUT2D eigenvalue weighted by atomic mass is 35.5. The van der Waals surface area contributed by atoms with Crippen LogP contribution < -0.4 is 10.8 Å². The summed E-state index contributed by atoms with van der Waals surface area (Å²) in [5.74, 6) is -3.90. The van der Waals surface area contributed by atoms with Crippen LogP contribution in [0.4, 0.5) is 0 Å². The van der Waals surface area contributed by atoms with Crippen molar-refractivity contribution in [1.29, 1.82) is 0 Å². The summed E-state index contributed by atoms with van der Waals surface area (Å²) in [6, 6.07) is 12.0. The number of carbonyl (C=O) groups excluding carboxylic acids is 3. The number of ketones is 1. The number of nitrogens with one attached hydrogen (secondary N) is 2. The molecule has 1 heterocycles. The average molecular weight is 507 g/mol.